The number of nitriles is 1. The molecular weight excluding hydrogens is 338 g/mol. The molecule has 2 aromatic rings. The minimum atomic E-state index is -0.0680. The zero-order valence-electron chi connectivity index (χ0n) is 12.1. The molecule has 0 saturated carbocycles. The van der Waals surface area contributed by atoms with Crippen molar-refractivity contribution in [1.29, 1.82) is 5.26 Å². The molecule has 116 valence electrons. The number of nitrogens with zero attached hydrogens (tertiary/aromatic N) is 2. The van der Waals surface area contributed by atoms with Crippen molar-refractivity contribution in [2.45, 2.75) is 19.9 Å². The number of amides is 1. The van der Waals surface area contributed by atoms with Gasteiger partial charge < -0.3 is 5.32 Å². The normalized spacial score (nSPS) is 10.6. The standard InChI is InChI=1S/C15H16ClN3OS2/c1-2-19(10-12-3-4-13(16)22-12)7-5-14(20)18-15-11(9-17)6-8-21-15/h3-4,6,8H,2,5,7,10H2,1H3,(H,18,20). The number of halogens is 1. The zero-order chi connectivity index (χ0) is 15.9. The van der Waals surface area contributed by atoms with Gasteiger partial charge in [0.25, 0.3) is 0 Å². The third-order valence-corrected chi connectivity index (χ3v) is 5.19. The van der Waals surface area contributed by atoms with Crippen LogP contribution in [0.2, 0.25) is 4.34 Å². The maximum atomic E-state index is 12.0. The van der Waals surface area contributed by atoms with Crippen LogP contribution >= 0.6 is 34.3 Å². The van der Waals surface area contributed by atoms with Gasteiger partial charge in [-0.15, -0.1) is 22.7 Å². The van der Waals surface area contributed by atoms with E-state index >= 15 is 0 Å². The van der Waals surface area contributed by atoms with E-state index in [2.05, 4.69) is 23.2 Å². The van der Waals surface area contributed by atoms with Crippen LogP contribution in [-0.4, -0.2) is 23.9 Å². The summed E-state index contributed by atoms with van der Waals surface area (Å²) in [5, 5.41) is 14.2. The molecule has 0 saturated heterocycles. The van der Waals surface area contributed by atoms with Gasteiger partial charge in [0.2, 0.25) is 5.91 Å². The molecule has 0 aliphatic carbocycles. The number of carbonyl (C=O) groups is 1. The van der Waals surface area contributed by atoms with Crippen LogP contribution in [0.3, 0.4) is 0 Å². The molecule has 1 N–H and O–H groups in total. The summed E-state index contributed by atoms with van der Waals surface area (Å²) in [5.41, 5.74) is 0.513. The Bertz CT molecular complexity index is 674. The summed E-state index contributed by atoms with van der Waals surface area (Å²) in [5.74, 6) is -0.0680. The van der Waals surface area contributed by atoms with Gasteiger partial charge in [-0.1, -0.05) is 18.5 Å². The Labute approximate surface area is 142 Å². The first-order valence-electron chi connectivity index (χ1n) is 6.86. The molecule has 4 nitrogen and oxygen atoms in total. The Hall–Kier alpha value is -1.39. The van der Waals surface area contributed by atoms with Crippen LogP contribution in [0.15, 0.2) is 23.6 Å². The first-order chi connectivity index (χ1) is 10.6. The molecule has 0 aliphatic heterocycles. The first kappa shape index (κ1) is 17.0. The second kappa shape index (κ2) is 8.30. The highest BCUT2D eigenvalue weighted by atomic mass is 35.5. The molecule has 0 fully saturated rings. The number of hydrogen-bond donors (Lipinski definition) is 1. The van der Waals surface area contributed by atoms with Crippen molar-refractivity contribution in [2.75, 3.05) is 18.4 Å². The van der Waals surface area contributed by atoms with Gasteiger partial charge in [0, 0.05) is 24.4 Å². The lowest BCUT2D eigenvalue weighted by Crippen LogP contribution is -2.27. The Morgan fingerprint density at radius 2 is 2.27 bits per heavy atom. The lowest BCUT2D eigenvalue weighted by molar-refractivity contribution is -0.116. The number of hydrogen-bond acceptors (Lipinski definition) is 5. The highest BCUT2D eigenvalue weighted by molar-refractivity contribution is 7.16. The van der Waals surface area contributed by atoms with Crippen molar-refractivity contribution in [3.8, 4) is 6.07 Å². The van der Waals surface area contributed by atoms with Gasteiger partial charge in [0.15, 0.2) is 0 Å². The quantitative estimate of drug-likeness (QED) is 0.812. The summed E-state index contributed by atoms with van der Waals surface area (Å²) in [7, 11) is 0. The van der Waals surface area contributed by atoms with Crippen LogP contribution in [0, 0.1) is 11.3 Å². The van der Waals surface area contributed by atoms with Gasteiger partial charge in [-0.05, 0) is 30.1 Å². The van der Waals surface area contributed by atoms with Crippen molar-refractivity contribution in [1.82, 2.24) is 4.90 Å². The predicted molar refractivity (Wildman–Crippen MR) is 92.6 cm³/mol. The monoisotopic (exact) mass is 353 g/mol. The highest BCUT2D eigenvalue weighted by Crippen LogP contribution is 2.23. The fourth-order valence-electron chi connectivity index (χ4n) is 1.95. The van der Waals surface area contributed by atoms with E-state index in [1.807, 2.05) is 12.1 Å². The number of nitrogens with one attached hydrogen (secondary N) is 1. The topological polar surface area (TPSA) is 56.1 Å². The summed E-state index contributed by atoms with van der Waals surface area (Å²) in [6.45, 7) is 4.40. The molecule has 22 heavy (non-hydrogen) atoms. The minimum Gasteiger partial charge on any atom is -0.317 e. The Morgan fingerprint density at radius 3 is 2.91 bits per heavy atom. The lowest BCUT2D eigenvalue weighted by atomic mass is 10.3. The zero-order valence-corrected chi connectivity index (χ0v) is 14.5. The molecular formula is C15H16ClN3OS2. The van der Waals surface area contributed by atoms with E-state index in [0.29, 0.717) is 23.5 Å². The van der Waals surface area contributed by atoms with Crippen LogP contribution in [0.1, 0.15) is 23.8 Å². The van der Waals surface area contributed by atoms with E-state index in [4.69, 9.17) is 16.9 Å². The van der Waals surface area contributed by atoms with Crippen molar-refractivity contribution in [3.05, 3.63) is 38.4 Å². The van der Waals surface area contributed by atoms with E-state index in [1.54, 1.807) is 22.8 Å². The SMILES string of the molecule is CCN(CCC(=O)Nc1sccc1C#N)Cc1ccc(Cl)s1. The van der Waals surface area contributed by atoms with E-state index in [0.717, 1.165) is 17.4 Å². The third-order valence-electron chi connectivity index (χ3n) is 3.15. The van der Waals surface area contributed by atoms with Gasteiger partial charge in [-0.3, -0.25) is 9.69 Å². The molecule has 0 atom stereocenters. The second-order valence-electron chi connectivity index (χ2n) is 4.65. The van der Waals surface area contributed by atoms with Crippen LogP contribution in [0.25, 0.3) is 0 Å². The highest BCUT2D eigenvalue weighted by Gasteiger charge is 2.11. The maximum absolute atomic E-state index is 12.0. The van der Waals surface area contributed by atoms with Gasteiger partial charge in [-0.2, -0.15) is 5.26 Å². The Kier molecular flexibility index (Phi) is 6.40. The molecule has 0 aromatic carbocycles. The molecule has 2 aromatic heterocycles. The summed E-state index contributed by atoms with van der Waals surface area (Å²) >= 11 is 8.86. The largest absolute Gasteiger partial charge is 0.317 e. The van der Waals surface area contributed by atoms with E-state index in [-0.39, 0.29) is 5.91 Å². The maximum Gasteiger partial charge on any atom is 0.226 e. The average molecular weight is 354 g/mol. The number of anilines is 1. The second-order valence-corrected chi connectivity index (χ2v) is 7.36. The van der Waals surface area contributed by atoms with Crippen LogP contribution in [0.4, 0.5) is 5.00 Å². The summed E-state index contributed by atoms with van der Waals surface area (Å²) in [4.78, 5) is 15.4. The smallest absolute Gasteiger partial charge is 0.226 e. The summed E-state index contributed by atoms with van der Waals surface area (Å²) < 4.78 is 0.783. The lowest BCUT2D eigenvalue weighted by Gasteiger charge is -2.19. The summed E-state index contributed by atoms with van der Waals surface area (Å²) in [6.07, 6.45) is 0.399. The summed E-state index contributed by atoms with van der Waals surface area (Å²) in [6, 6.07) is 7.68. The Balaban J connectivity index is 1.82. The van der Waals surface area contributed by atoms with Gasteiger partial charge in [-0.25, -0.2) is 0 Å². The first-order valence-corrected chi connectivity index (χ1v) is 8.93. The van der Waals surface area contributed by atoms with Crippen molar-refractivity contribution < 1.29 is 4.79 Å². The van der Waals surface area contributed by atoms with Crippen LogP contribution < -0.4 is 5.32 Å². The van der Waals surface area contributed by atoms with E-state index in [1.165, 1.54) is 16.2 Å². The van der Waals surface area contributed by atoms with Gasteiger partial charge >= 0.3 is 0 Å². The molecule has 2 rings (SSSR count). The third kappa shape index (κ3) is 4.82. The number of thiophene rings is 2. The molecule has 7 heteroatoms. The predicted octanol–water partition coefficient (Wildman–Crippen LogP) is 4.19. The molecule has 0 aliphatic rings. The fourth-order valence-corrected chi connectivity index (χ4v) is 3.83. The fraction of sp³-hybridized carbons (Fsp3) is 0.333. The van der Waals surface area contributed by atoms with Crippen molar-refractivity contribution in [3.63, 3.8) is 0 Å². The van der Waals surface area contributed by atoms with Gasteiger partial charge in [0.1, 0.15) is 11.1 Å². The van der Waals surface area contributed by atoms with E-state index in [9.17, 15) is 4.79 Å². The van der Waals surface area contributed by atoms with Crippen LogP contribution in [0.5, 0.6) is 0 Å². The van der Waals surface area contributed by atoms with Crippen LogP contribution in [-0.2, 0) is 11.3 Å². The molecule has 0 unspecified atom stereocenters. The molecule has 2 heterocycles. The van der Waals surface area contributed by atoms with E-state index < -0.39 is 0 Å². The number of carbonyl (C=O) groups excluding carboxylic acids is 1. The number of rotatable bonds is 7. The van der Waals surface area contributed by atoms with Crippen molar-refractivity contribution >= 4 is 45.2 Å². The van der Waals surface area contributed by atoms with Gasteiger partial charge in [0.05, 0.1) is 9.90 Å². The van der Waals surface area contributed by atoms with Crippen molar-refractivity contribution in [2.24, 2.45) is 0 Å². The molecule has 0 spiro atoms. The average Bonchev–Trinajstić information content (AvgIpc) is 3.12. The molecule has 0 bridgehead atoms. The Morgan fingerprint density at radius 1 is 1.45 bits per heavy atom. The minimum absolute atomic E-state index is 0.0680. The molecule has 1 amide bonds. The molecule has 0 radical (unpaired) electrons.